The first-order chi connectivity index (χ1) is 30.7. The van der Waals surface area contributed by atoms with E-state index in [1.54, 1.807) is 0 Å². The Kier molecular flexibility index (Phi) is 7.34. The molecule has 0 aliphatic rings. The zero-order valence-electron chi connectivity index (χ0n) is 33.3. The number of furan rings is 1. The first kappa shape index (κ1) is 34.4. The molecule has 3 heterocycles. The molecule has 0 amide bonds. The Morgan fingerprint density at radius 2 is 0.968 bits per heavy atom. The summed E-state index contributed by atoms with van der Waals surface area (Å²) >= 11 is 0. The van der Waals surface area contributed by atoms with Gasteiger partial charge in [0.1, 0.15) is 11.2 Å². The second-order valence-corrected chi connectivity index (χ2v) is 16.1. The van der Waals surface area contributed by atoms with Crippen molar-refractivity contribution in [2.45, 2.75) is 0 Å². The first-order valence-corrected chi connectivity index (χ1v) is 20.9. The molecule has 62 heavy (non-hydrogen) atoms. The number of nitrogens with zero attached hydrogens (tertiary/aromatic N) is 3. The summed E-state index contributed by atoms with van der Waals surface area (Å²) in [6.45, 7) is 7.84. The van der Waals surface area contributed by atoms with Crippen LogP contribution in [0.1, 0.15) is 0 Å². The van der Waals surface area contributed by atoms with Crippen molar-refractivity contribution in [3.05, 3.63) is 212 Å². The van der Waals surface area contributed by atoms with Crippen LogP contribution >= 0.6 is 0 Å². The zero-order chi connectivity index (χ0) is 40.9. The van der Waals surface area contributed by atoms with E-state index in [-0.39, 0.29) is 0 Å². The van der Waals surface area contributed by atoms with E-state index in [1.165, 1.54) is 32.7 Å². The van der Waals surface area contributed by atoms with E-state index in [4.69, 9.17) is 16.0 Å². The molecule has 0 unspecified atom stereocenters. The lowest BCUT2D eigenvalue weighted by atomic mass is 9.85. The standard InChI is InChI=1S/C58H33N3O/c1-59-38-26-31-52-49(34-38)48-32-36(25-30-51(48)61(52)39-16-6-3-7-17-39)54-41-19-8-10-21-43(41)55(44-22-11-9-20-42(44)54)37-24-27-46-50(33-37)60-57(35-14-4-2-5-15-35)47-29-28-45-40-18-12-13-23-53(40)62-58(45)56(46)47/h2-34H. The van der Waals surface area contributed by atoms with E-state index in [0.717, 1.165) is 93.5 Å². The molecule has 13 rings (SSSR count). The maximum absolute atomic E-state index is 7.84. The molecule has 0 aliphatic heterocycles. The molecule has 0 aliphatic carbocycles. The van der Waals surface area contributed by atoms with E-state index in [1.807, 2.05) is 30.3 Å². The highest BCUT2D eigenvalue weighted by atomic mass is 16.3. The fourth-order valence-electron chi connectivity index (χ4n) is 10.1. The van der Waals surface area contributed by atoms with Crippen molar-refractivity contribution in [3.8, 4) is 39.2 Å². The Balaban J connectivity index is 1.08. The van der Waals surface area contributed by atoms with Gasteiger partial charge < -0.3 is 8.98 Å². The van der Waals surface area contributed by atoms with Crippen LogP contribution in [0, 0.1) is 6.57 Å². The average molecular weight is 788 g/mol. The lowest BCUT2D eigenvalue weighted by Gasteiger charge is -2.18. The third-order valence-corrected chi connectivity index (χ3v) is 12.7. The van der Waals surface area contributed by atoms with Gasteiger partial charge in [-0.05, 0) is 104 Å². The van der Waals surface area contributed by atoms with Crippen molar-refractivity contribution in [1.82, 2.24) is 9.55 Å². The molecule has 0 saturated heterocycles. The minimum absolute atomic E-state index is 0.631. The van der Waals surface area contributed by atoms with Gasteiger partial charge in [0.05, 0.1) is 28.8 Å². The molecule has 13 aromatic rings. The summed E-state index contributed by atoms with van der Waals surface area (Å²) in [6, 6.07) is 70.9. The lowest BCUT2D eigenvalue weighted by molar-refractivity contribution is 0.673. The fraction of sp³-hybridized carbons (Fsp3) is 0. The summed E-state index contributed by atoms with van der Waals surface area (Å²) in [7, 11) is 0. The minimum Gasteiger partial charge on any atom is -0.455 e. The van der Waals surface area contributed by atoms with Gasteiger partial charge in [-0.2, -0.15) is 0 Å². The highest BCUT2D eigenvalue weighted by Gasteiger charge is 2.22. The van der Waals surface area contributed by atoms with Crippen LogP contribution in [0.5, 0.6) is 0 Å². The van der Waals surface area contributed by atoms with Crippen LogP contribution in [0.25, 0.3) is 131 Å². The van der Waals surface area contributed by atoms with Crippen LogP contribution in [-0.4, -0.2) is 9.55 Å². The van der Waals surface area contributed by atoms with Crippen LogP contribution in [-0.2, 0) is 0 Å². The zero-order valence-corrected chi connectivity index (χ0v) is 33.3. The second-order valence-electron chi connectivity index (χ2n) is 16.1. The van der Waals surface area contributed by atoms with Crippen LogP contribution in [0.3, 0.4) is 0 Å². The molecule has 0 N–H and O–H groups in total. The smallest absolute Gasteiger partial charge is 0.188 e. The van der Waals surface area contributed by atoms with Gasteiger partial charge in [0.15, 0.2) is 5.69 Å². The predicted octanol–water partition coefficient (Wildman–Crippen LogP) is 16.2. The van der Waals surface area contributed by atoms with Crippen LogP contribution in [0.2, 0.25) is 0 Å². The van der Waals surface area contributed by atoms with Crippen LogP contribution in [0.4, 0.5) is 5.69 Å². The van der Waals surface area contributed by atoms with Crippen LogP contribution < -0.4 is 0 Å². The molecule has 3 aromatic heterocycles. The van der Waals surface area contributed by atoms with Gasteiger partial charge in [-0.3, -0.25) is 0 Å². The third kappa shape index (κ3) is 4.97. The normalized spacial score (nSPS) is 11.9. The molecular weight excluding hydrogens is 755 g/mol. The highest BCUT2D eigenvalue weighted by molar-refractivity contribution is 6.26. The first-order valence-electron chi connectivity index (χ1n) is 20.9. The quantitative estimate of drug-likeness (QED) is 0.101. The summed E-state index contributed by atoms with van der Waals surface area (Å²) in [5, 5.41) is 12.3. The van der Waals surface area contributed by atoms with Gasteiger partial charge in [-0.15, -0.1) is 0 Å². The van der Waals surface area contributed by atoms with E-state index >= 15 is 0 Å². The van der Waals surface area contributed by atoms with Crippen LogP contribution in [0.15, 0.2) is 205 Å². The minimum atomic E-state index is 0.631. The third-order valence-electron chi connectivity index (χ3n) is 12.7. The van der Waals surface area contributed by atoms with Crippen molar-refractivity contribution >= 4 is 92.7 Å². The van der Waals surface area contributed by atoms with Gasteiger partial charge >= 0.3 is 0 Å². The number of rotatable bonds is 4. The van der Waals surface area contributed by atoms with E-state index in [0.29, 0.717) is 5.69 Å². The Morgan fingerprint density at radius 1 is 0.419 bits per heavy atom. The molecule has 0 saturated carbocycles. The predicted molar refractivity (Wildman–Crippen MR) is 258 cm³/mol. The lowest BCUT2D eigenvalue weighted by Crippen LogP contribution is -1.94. The van der Waals surface area contributed by atoms with Crippen molar-refractivity contribution in [1.29, 1.82) is 0 Å². The topological polar surface area (TPSA) is 35.3 Å². The van der Waals surface area contributed by atoms with Gasteiger partial charge in [0.25, 0.3) is 0 Å². The van der Waals surface area contributed by atoms with E-state index in [2.05, 4.69) is 179 Å². The maximum Gasteiger partial charge on any atom is 0.188 e. The second kappa shape index (κ2) is 13.2. The van der Waals surface area contributed by atoms with E-state index < -0.39 is 0 Å². The SMILES string of the molecule is [C-]#[N+]c1ccc2c(c1)c1cc(-c3c4ccccc4c(-c4ccc5c(c4)nc(-c4ccccc4)c4ccc6c7ccccc7oc6c45)c4ccccc34)ccc1n2-c1ccccc1. The Hall–Kier alpha value is -8.52. The monoisotopic (exact) mass is 787 g/mol. The Bertz CT molecular complexity index is 3980. The molecule has 4 nitrogen and oxygen atoms in total. The number of para-hydroxylation sites is 2. The molecule has 286 valence electrons. The number of hydrogen-bond donors (Lipinski definition) is 0. The van der Waals surface area contributed by atoms with Gasteiger partial charge in [0, 0.05) is 43.6 Å². The van der Waals surface area contributed by atoms with Gasteiger partial charge in [0.2, 0.25) is 0 Å². The Morgan fingerprint density at radius 3 is 1.66 bits per heavy atom. The molecule has 0 spiro atoms. The van der Waals surface area contributed by atoms with E-state index in [9.17, 15) is 0 Å². The number of benzene rings is 10. The molecule has 0 radical (unpaired) electrons. The van der Waals surface area contributed by atoms with Crippen molar-refractivity contribution in [3.63, 3.8) is 0 Å². The molecular formula is C58H33N3O. The average Bonchev–Trinajstić information content (AvgIpc) is 3.88. The molecule has 0 atom stereocenters. The van der Waals surface area contributed by atoms with Gasteiger partial charge in [-0.1, -0.05) is 146 Å². The highest BCUT2D eigenvalue weighted by Crippen LogP contribution is 2.47. The van der Waals surface area contributed by atoms with Crippen molar-refractivity contribution < 1.29 is 4.42 Å². The Labute approximate surface area is 356 Å². The summed E-state index contributed by atoms with van der Waals surface area (Å²) in [4.78, 5) is 9.29. The fourth-order valence-corrected chi connectivity index (χ4v) is 10.1. The number of hydrogen-bond acceptors (Lipinski definition) is 2. The summed E-state index contributed by atoms with van der Waals surface area (Å²) in [6.07, 6.45) is 0. The number of pyridine rings is 1. The molecule has 10 aromatic carbocycles. The summed E-state index contributed by atoms with van der Waals surface area (Å²) in [5.74, 6) is 0. The maximum atomic E-state index is 7.84. The number of fused-ring (bicyclic) bond motifs is 12. The van der Waals surface area contributed by atoms with Crippen molar-refractivity contribution in [2.24, 2.45) is 0 Å². The largest absolute Gasteiger partial charge is 0.455 e. The molecule has 4 heteroatoms. The molecule has 0 bridgehead atoms. The summed E-state index contributed by atoms with van der Waals surface area (Å²) in [5.41, 5.74) is 13.2. The number of aromatic nitrogens is 2. The molecule has 0 fully saturated rings. The summed E-state index contributed by atoms with van der Waals surface area (Å²) < 4.78 is 9.00. The van der Waals surface area contributed by atoms with Gasteiger partial charge in [-0.25, -0.2) is 9.83 Å². The van der Waals surface area contributed by atoms with Crippen molar-refractivity contribution in [2.75, 3.05) is 0 Å².